The number of hydrogen-bond donors (Lipinski definition) is 3. The molecule has 122 valence electrons. The minimum atomic E-state index is -1.26. The van der Waals surface area contributed by atoms with Crippen LogP contribution in [0.25, 0.3) is 0 Å². The highest BCUT2D eigenvalue weighted by molar-refractivity contribution is 5.99. The van der Waals surface area contributed by atoms with E-state index in [2.05, 4.69) is 5.43 Å². The normalized spacial score (nSPS) is 14.4. The third kappa shape index (κ3) is 3.43. The van der Waals surface area contributed by atoms with Crippen LogP contribution in [0.5, 0.6) is 0 Å². The van der Waals surface area contributed by atoms with E-state index in [0.29, 0.717) is 0 Å². The summed E-state index contributed by atoms with van der Waals surface area (Å²) in [6.45, 7) is -0.133. The average molecular weight is 322 g/mol. The zero-order valence-corrected chi connectivity index (χ0v) is 11.9. The fraction of sp³-hybridized carbons (Fsp3) is 0.308. The van der Waals surface area contributed by atoms with Gasteiger partial charge in [-0.1, -0.05) is 6.07 Å². The van der Waals surface area contributed by atoms with E-state index in [1.54, 1.807) is 0 Å². The van der Waals surface area contributed by atoms with E-state index in [9.17, 15) is 24.5 Å². The second-order valence-electron chi connectivity index (χ2n) is 4.98. The Kier molecular flexibility index (Phi) is 4.55. The van der Waals surface area contributed by atoms with Crippen LogP contribution in [0.1, 0.15) is 28.8 Å². The Hall–Kier alpha value is -3.01. The predicted molar refractivity (Wildman–Crippen MR) is 76.0 cm³/mol. The van der Waals surface area contributed by atoms with Crippen molar-refractivity contribution in [1.82, 2.24) is 10.4 Å². The number of aliphatic carboxylic acids is 1. The van der Waals surface area contributed by atoms with Gasteiger partial charge in [0.05, 0.1) is 22.6 Å². The number of amides is 2. The minimum absolute atomic E-state index is 0.104. The Morgan fingerprint density at radius 3 is 2.74 bits per heavy atom. The smallest absolute Gasteiger partial charge is 0.322 e. The summed E-state index contributed by atoms with van der Waals surface area (Å²) in [5, 5.41) is 21.1. The highest BCUT2D eigenvalue weighted by Crippen LogP contribution is 2.29. The molecule has 1 atom stereocenters. The lowest BCUT2D eigenvalue weighted by molar-refractivity contribution is -0.385. The van der Waals surface area contributed by atoms with Crippen molar-refractivity contribution in [2.45, 2.75) is 25.4 Å². The van der Waals surface area contributed by atoms with Crippen molar-refractivity contribution in [3.05, 3.63) is 39.4 Å². The van der Waals surface area contributed by atoms with Crippen LogP contribution < -0.4 is 11.2 Å². The second kappa shape index (κ2) is 6.40. The topological polar surface area (TPSA) is 156 Å². The van der Waals surface area contributed by atoms with Crippen molar-refractivity contribution >= 4 is 23.5 Å². The van der Waals surface area contributed by atoms with Crippen LogP contribution in [0.3, 0.4) is 0 Å². The number of nitrogens with zero attached hydrogens (tertiary/aromatic N) is 2. The number of benzene rings is 1. The molecule has 10 nitrogen and oxygen atoms in total. The largest absolute Gasteiger partial charge is 0.480 e. The van der Waals surface area contributed by atoms with E-state index in [0.717, 1.165) is 5.01 Å². The molecule has 2 rings (SSSR count). The van der Waals surface area contributed by atoms with Gasteiger partial charge in [-0.05, 0) is 12.5 Å². The maximum absolute atomic E-state index is 12.2. The number of nitro groups is 1. The Bertz CT molecular complexity index is 689. The maximum Gasteiger partial charge on any atom is 0.322 e. The summed E-state index contributed by atoms with van der Waals surface area (Å²) in [6, 6.07) is 2.89. The lowest BCUT2D eigenvalue weighted by Crippen LogP contribution is -2.48. The molecule has 4 N–H and O–H groups in total. The third-order valence-corrected chi connectivity index (χ3v) is 3.43. The first-order valence-corrected chi connectivity index (χ1v) is 6.66. The molecule has 1 heterocycles. The molecule has 1 aliphatic heterocycles. The Labute approximate surface area is 130 Å². The molecule has 1 aromatic carbocycles. The lowest BCUT2D eigenvalue weighted by atomic mass is 10.1. The second-order valence-corrected chi connectivity index (χ2v) is 4.98. The van der Waals surface area contributed by atoms with Gasteiger partial charge in [-0.2, -0.15) is 0 Å². The maximum atomic E-state index is 12.2. The van der Waals surface area contributed by atoms with Gasteiger partial charge in [0.2, 0.25) is 5.91 Å². The fourth-order valence-electron chi connectivity index (χ4n) is 2.31. The van der Waals surface area contributed by atoms with E-state index in [1.165, 1.54) is 18.2 Å². The number of carbonyl (C=O) groups is 3. The lowest BCUT2D eigenvalue weighted by Gasteiger charge is -2.22. The van der Waals surface area contributed by atoms with Gasteiger partial charge in [-0.15, -0.1) is 0 Å². The van der Waals surface area contributed by atoms with Gasteiger partial charge in [-0.25, -0.2) is 5.43 Å². The van der Waals surface area contributed by atoms with Gasteiger partial charge in [-0.3, -0.25) is 29.5 Å². The van der Waals surface area contributed by atoms with Crippen LogP contribution >= 0.6 is 0 Å². The van der Waals surface area contributed by atoms with Gasteiger partial charge < -0.3 is 10.8 Å². The number of carboxylic acid groups (broad SMARTS) is 1. The van der Waals surface area contributed by atoms with Crippen LogP contribution in [-0.4, -0.2) is 38.9 Å². The first kappa shape index (κ1) is 16.4. The van der Waals surface area contributed by atoms with Crippen LogP contribution in [0.15, 0.2) is 18.2 Å². The van der Waals surface area contributed by atoms with E-state index in [1.807, 2.05) is 0 Å². The quantitative estimate of drug-likeness (QED) is 0.462. The fourth-order valence-corrected chi connectivity index (χ4v) is 2.31. The number of carboxylic acids is 1. The summed E-state index contributed by atoms with van der Waals surface area (Å²) >= 11 is 0. The van der Waals surface area contributed by atoms with Crippen LogP contribution in [0, 0.1) is 10.1 Å². The molecular formula is C13H14N4O6. The van der Waals surface area contributed by atoms with Crippen LogP contribution in [0.2, 0.25) is 0 Å². The molecule has 23 heavy (non-hydrogen) atoms. The molecule has 0 spiro atoms. The van der Waals surface area contributed by atoms with Crippen molar-refractivity contribution in [3.8, 4) is 0 Å². The molecule has 10 heteroatoms. The Morgan fingerprint density at radius 1 is 1.48 bits per heavy atom. The van der Waals surface area contributed by atoms with Gasteiger partial charge >= 0.3 is 5.97 Å². The van der Waals surface area contributed by atoms with Crippen molar-refractivity contribution in [2.75, 3.05) is 0 Å². The average Bonchev–Trinajstić information content (AvgIpc) is 2.79. The minimum Gasteiger partial charge on any atom is -0.480 e. The Morgan fingerprint density at radius 2 is 2.17 bits per heavy atom. The molecule has 0 bridgehead atoms. The number of primary amides is 1. The SMILES string of the molecule is NC(=O)CC[C@@H](NN1Cc2c(cccc2[N+](=O)[O-])C1=O)C(=O)O. The van der Waals surface area contributed by atoms with Crippen molar-refractivity contribution in [3.63, 3.8) is 0 Å². The van der Waals surface area contributed by atoms with E-state index in [4.69, 9.17) is 10.8 Å². The molecular weight excluding hydrogens is 308 g/mol. The highest BCUT2D eigenvalue weighted by Gasteiger charge is 2.35. The molecule has 0 radical (unpaired) electrons. The molecule has 0 saturated heterocycles. The van der Waals surface area contributed by atoms with Gasteiger partial charge in [0.15, 0.2) is 0 Å². The highest BCUT2D eigenvalue weighted by atomic mass is 16.6. The predicted octanol–water partition coefficient (Wildman–Crippen LogP) is -0.226. The summed E-state index contributed by atoms with van der Waals surface area (Å²) in [5.74, 6) is -2.48. The molecule has 0 saturated carbocycles. The number of hydrogen-bond acceptors (Lipinski definition) is 6. The zero-order chi connectivity index (χ0) is 17.1. The summed E-state index contributed by atoms with van der Waals surface area (Å²) < 4.78 is 0. The van der Waals surface area contributed by atoms with Crippen LogP contribution in [0.4, 0.5) is 5.69 Å². The number of carbonyl (C=O) groups excluding carboxylic acids is 2. The summed E-state index contributed by atoms with van der Waals surface area (Å²) in [4.78, 5) is 44.6. The molecule has 1 aromatic rings. The molecule has 2 amide bonds. The number of rotatable bonds is 7. The molecule has 0 unspecified atom stereocenters. The zero-order valence-electron chi connectivity index (χ0n) is 11.9. The van der Waals surface area contributed by atoms with Crippen molar-refractivity contribution < 1.29 is 24.4 Å². The Balaban J connectivity index is 2.18. The number of nitrogens with one attached hydrogen (secondary N) is 1. The van der Waals surface area contributed by atoms with E-state index in [-0.39, 0.29) is 36.2 Å². The van der Waals surface area contributed by atoms with Crippen LogP contribution in [-0.2, 0) is 16.1 Å². The first-order chi connectivity index (χ1) is 10.8. The van der Waals surface area contributed by atoms with E-state index < -0.39 is 28.7 Å². The first-order valence-electron chi connectivity index (χ1n) is 6.66. The monoisotopic (exact) mass is 322 g/mol. The summed E-state index contributed by atoms with van der Waals surface area (Å²) in [7, 11) is 0. The molecule has 0 fully saturated rings. The molecule has 0 aromatic heterocycles. The number of nitrogens with two attached hydrogens (primary N) is 1. The molecule has 0 aliphatic carbocycles. The summed E-state index contributed by atoms with van der Waals surface area (Å²) in [6.07, 6.45) is -0.272. The third-order valence-electron chi connectivity index (χ3n) is 3.43. The van der Waals surface area contributed by atoms with E-state index >= 15 is 0 Å². The summed E-state index contributed by atoms with van der Waals surface area (Å²) in [5.41, 5.74) is 7.63. The number of fused-ring (bicyclic) bond motifs is 1. The van der Waals surface area contributed by atoms with Crippen molar-refractivity contribution in [1.29, 1.82) is 0 Å². The number of hydrazine groups is 1. The molecule has 1 aliphatic rings. The van der Waals surface area contributed by atoms with Gasteiger partial charge in [0.25, 0.3) is 11.6 Å². The standard InChI is InChI=1S/C13H14N4O6/c14-11(18)5-4-9(13(20)21)15-16-6-8-7(12(16)19)2-1-3-10(8)17(22)23/h1-3,9,15H,4-6H2,(H2,14,18)(H,20,21)/t9-/m1/s1. The number of nitro benzene ring substituents is 1. The van der Waals surface area contributed by atoms with Gasteiger partial charge in [0, 0.05) is 12.5 Å². The van der Waals surface area contributed by atoms with Crippen molar-refractivity contribution in [2.24, 2.45) is 5.73 Å². The van der Waals surface area contributed by atoms with Gasteiger partial charge in [0.1, 0.15) is 6.04 Å².